The van der Waals surface area contributed by atoms with E-state index in [1.54, 1.807) is 0 Å². The van der Waals surface area contributed by atoms with Crippen LogP contribution in [0.5, 0.6) is 5.75 Å². The maximum atomic E-state index is 6.37. The lowest BCUT2D eigenvalue weighted by molar-refractivity contribution is -0.184. The lowest BCUT2D eigenvalue weighted by Gasteiger charge is -2.55. The SMILES string of the molecule is C[C@H]1C[C@@]2(C)Oc3ccccc3[C@H]3OC[C@H]1C[C@H]32. The second-order valence-corrected chi connectivity index (χ2v) is 6.49. The van der Waals surface area contributed by atoms with Gasteiger partial charge in [-0.1, -0.05) is 25.1 Å². The van der Waals surface area contributed by atoms with Gasteiger partial charge < -0.3 is 9.47 Å². The van der Waals surface area contributed by atoms with Crippen molar-refractivity contribution in [3.05, 3.63) is 29.8 Å². The Morgan fingerprint density at radius 2 is 2.11 bits per heavy atom. The Kier molecular flexibility index (Phi) is 2.12. The zero-order valence-corrected chi connectivity index (χ0v) is 11.1. The molecule has 4 rings (SSSR count). The Labute approximate surface area is 108 Å². The van der Waals surface area contributed by atoms with E-state index < -0.39 is 0 Å². The summed E-state index contributed by atoms with van der Waals surface area (Å²) < 4.78 is 12.6. The van der Waals surface area contributed by atoms with Crippen LogP contribution in [-0.4, -0.2) is 12.2 Å². The number of rotatable bonds is 0. The first-order valence-corrected chi connectivity index (χ1v) is 7.07. The Balaban J connectivity index is 1.83. The van der Waals surface area contributed by atoms with Crippen molar-refractivity contribution in [2.75, 3.05) is 6.61 Å². The van der Waals surface area contributed by atoms with Gasteiger partial charge >= 0.3 is 0 Å². The molecule has 2 heteroatoms. The summed E-state index contributed by atoms with van der Waals surface area (Å²) in [5.41, 5.74) is 1.23. The number of hydrogen-bond donors (Lipinski definition) is 0. The van der Waals surface area contributed by atoms with Crippen LogP contribution in [0.2, 0.25) is 0 Å². The molecule has 0 N–H and O–H groups in total. The van der Waals surface area contributed by atoms with Crippen molar-refractivity contribution >= 4 is 0 Å². The molecule has 18 heavy (non-hydrogen) atoms. The average Bonchev–Trinajstić information content (AvgIpc) is 2.37. The van der Waals surface area contributed by atoms with Crippen molar-refractivity contribution < 1.29 is 9.47 Å². The fourth-order valence-electron chi connectivity index (χ4n) is 4.27. The smallest absolute Gasteiger partial charge is 0.125 e. The van der Waals surface area contributed by atoms with Gasteiger partial charge in [0.05, 0.1) is 12.7 Å². The number of hydrogen-bond acceptors (Lipinski definition) is 2. The molecule has 1 aliphatic carbocycles. The molecule has 1 aromatic carbocycles. The van der Waals surface area contributed by atoms with Gasteiger partial charge in [-0.05, 0) is 37.7 Å². The van der Waals surface area contributed by atoms with Gasteiger partial charge in [-0.15, -0.1) is 0 Å². The lowest BCUT2D eigenvalue weighted by Crippen LogP contribution is -2.56. The van der Waals surface area contributed by atoms with E-state index in [0.29, 0.717) is 11.8 Å². The standard InChI is InChI=1S/C16H20O2/c1-10-8-16(2)13-7-11(10)9-17-15(13)12-5-3-4-6-14(12)18-16/h3-6,10-11,13,15H,7-9H2,1-2H3/t10-,11+,13+,15+,16+/m0/s1. The van der Waals surface area contributed by atoms with E-state index in [2.05, 4.69) is 38.1 Å². The molecule has 2 nitrogen and oxygen atoms in total. The number of benzene rings is 1. The van der Waals surface area contributed by atoms with Gasteiger partial charge in [0, 0.05) is 11.5 Å². The number of para-hydroxylation sites is 1. The fourth-order valence-corrected chi connectivity index (χ4v) is 4.27. The van der Waals surface area contributed by atoms with Crippen molar-refractivity contribution in [3.8, 4) is 5.75 Å². The summed E-state index contributed by atoms with van der Waals surface area (Å²) in [6.45, 7) is 5.55. The van der Waals surface area contributed by atoms with Crippen LogP contribution in [0.4, 0.5) is 0 Å². The molecule has 0 unspecified atom stereocenters. The van der Waals surface area contributed by atoms with E-state index in [-0.39, 0.29) is 11.7 Å². The monoisotopic (exact) mass is 244 g/mol. The van der Waals surface area contributed by atoms with Gasteiger partial charge in [0.2, 0.25) is 0 Å². The van der Waals surface area contributed by atoms with Crippen LogP contribution in [0.1, 0.15) is 38.4 Å². The highest BCUT2D eigenvalue weighted by Crippen LogP contribution is 2.56. The van der Waals surface area contributed by atoms with Crippen molar-refractivity contribution in [2.45, 2.75) is 38.4 Å². The molecule has 2 heterocycles. The topological polar surface area (TPSA) is 18.5 Å². The molecule has 5 atom stereocenters. The summed E-state index contributed by atoms with van der Waals surface area (Å²) in [5.74, 6) is 3.00. The Morgan fingerprint density at radius 1 is 1.28 bits per heavy atom. The van der Waals surface area contributed by atoms with Crippen LogP contribution < -0.4 is 4.74 Å². The van der Waals surface area contributed by atoms with Crippen molar-refractivity contribution in [3.63, 3.8) is 0 Å². The van der Waals surface area contributed by atoms with Crippen LogP contribution in [0.25, 0.3) is 0 Å². The van der Waals surface area contributed by atoms with Crippen molar-refractivity contribution in [1.82, 2.24) is 0 Å². The maximum Gasteiger partial charge on any atom is 0.125 e. The summed E-state index contributed by atoms with van der Waals surface area (Å²) in [6.07, 6.45) is 2.68. The molecule has 3 aliphatic rings. The minimum absolute atomic E-state index is 0.0324. The number of ether oxygens (including phenoxy) is 2. The van der Waals surface area contributed by atoms with E-state index in [9.17, 15) is 0 Å². The van der Waals surface area contributed by atoms with Gasteiger partial charge in [-0.25, -0.2) is 0 Å². The summed E-state index contributed by atoms with van der Waals surface area (Å²) >= 11 is 0. The van der Waals surface area contributed by atoms with Crippen LogP contribution in [0.3, 0.4) is 0 Å². The Hall–Kier alpha value is -1.02. The summed E-state index contributed by atoms with van der Waals surface area (Å²) in [6, 6.07) is 8.40. The fraction of sp³-hybridized carbons (Fsp3) is 0.625. The zero-order valence-electron chi connectivity index (χ0n) is 11.1. The molecule has 0 radical (unpaired) electrons. The van der Waals surface area contributed by atoms with Gasteiger partial charge in [-0.2, -0.15) is 0 Å². The molecule has 2 bridgehead atoms. The number of fused-ring (bicyclic) bond motifs is 3. The quantitative estimate of drug-likeness (QED) is 0.694. The molecule has 2 aliphatic heterocycles. The first kappa shape index (κ1) is 10.9. The van der Waals surface area contributed by atoms with Crippen LogP contribution >= 0.6 is 0 Å². The van der Waals surface area contributed by atoms with E-state index in [1.165, 1.54) is 12.0 Å². The molecule has 2 fully saturated rings. The normalized spacial score (nSPS) is 45.0. The highest BCUT2D eigenvalue weighted by Gasteiger charge is 2.54. The highest BCUT2D eigenvalue weighted by atomic mass is 16.5. The first-order chi connectivity index (χ1) is 8.67. The minimum atomic E-state index is -0.0324. The summed E-state index contributed by atoms with van der Waals surface area (Å²) in [5, 5.41) is 0. The summed E-state index contributed by atoms with van der Waals surface area (Å²) in [7, 11) is 0. The second kappa shape index (κ2) is 3.51. The highest BCUT2D eigenvalue weighted by molar-refractivity contribution is 5.39. The third-order valence-corrected chi connectivity index (χ3v) is 5.30. The maximum absolute atomic E-state index is 6.37. The van der Waals surface area contributed by atoms with Crippen molar-refractivity contribution in [2.24, 2.45) is 17.8 Å². The zero-order chi connectivity index (χ0) is 12.3. The van der Waals surface area contributed by atoms with Gasteiger partial charge in [-0.3, -0.25) is 0 Å². The van der Waals surface area contributed by atoms with E-state index in [1.807, 2.05) is 0 Å². The van der Waals surface area contributed by atoms with E-state index in [4.69, 9.17) is 9.47 Å². The Bertz CT molecular complexity index is 484. The van der Waals surface area contributed by atoms with Crippen molar-refractivity contribution in [1.29, 1.82) is 0 Å². The molecule has 1 saturated heterocycles. The van der Waals surface area contributed by atoms with Crippen LogP contribution in [0, 0.1) is 17.8 Å². The van der Waals surface area contributed by atoms with Gasteiger partial charge in [0.1, 0.15) is 11.4 Å². The van der Waals surface area contributed by atoms with Gasteiger partial charge in [0.15, 0.2) is 0 Å². The van der Waals surface area contributed by atoms with E-state index in [0.717, 1.165) is 24.7 Å². The molecule has 0 spiro atoms. The molecule has 1 saturated carbocycles. The molecule has 96 valence electrons. The molecular formula is C16H20O2. The lowest BCUT2D eigenvalue weighted by atomic mass is 9.62. The third-order valence-electron chi connectivity index (χ3n) is 5.30. The predicted molar refractivity (Wildman–Crippen MR) is 69.5 cm³/mol. The largest absolute Gasteiger partial charge is 0.487 e. The molecular weight excluding hydrogens is 224 g/mol. The third kappa shape index (κ3) is 1.33. The second-order valence-electron chi connectivity index (χ2n) is 6.49. The van der Waals surface area contributed by atoms with Crippen LogP contribution in [0.15, 0.2) is 24.3 Å². The van der Waals surface area contributed by atoms with Crippen LogP contribution in [-0.2, 0) is 4.74 Å². The first-order valence-electron chi connectivity index (χ1n) is 7.07. The summed E-state index contributed by atoms with van der Waals surface area (Å²) in [4.78, 5) is 0. The molecule has 1 aromatic rings. The minimum Gasteiger partial charge on any atom is -0.487 e. The molecule has 0 amide bonds. The Morgan fingerprint density at radius 3 is 3.00 bits per heavy atom. The predicted octanol–water partition coefficient (Wildman–Crippen LogP) is 3.57. The molecule has 0 aromatic heterocycles. The average molecular weight is 244 g/mol. The van der Waals surface area contributed by atoms with Gasteiger partial charge in [0.25, 0.3) is 0 Å². The van der Waals surface area contributed by atoms with E-state index >= 15 is 0 Å².